The minimum atomic E-state index is 0.654. The predicted octanol–water partition coefficient (Wildman–Crippen LogP) is 11.2. The van der Waals surface area contributed by atoms with E-state index < -0.39 is 0 Å². The predicted molar refractivity (Wildman–Crippen MR) is 199 cm³/mol. The molecule has 0 radical (unpaired) electrons. The van der Waals surface area contributed by atoms with E-state index in [0.29, 0.717) is 5.95 Å². The maximum atomic E-state index is 5.40. The number of nitrogens with zero attached hydrogens (tertiary/aromatic N) is 4. The van der Waals surface area contributed by atoms with Gasteiger partial charge in [0, 0.05) is 38.2 Å². The van der Waals surface area contributed by atoms with Crippen LogP contribution in [0.4, 0.5) is 0 Å². The molecule has 0 aliphatic heterocycles. The first-order valence-corrected chi connectivity index (χ1v) is 16.3. The lowest BCUT2D eigenvalue weighted by molar-refractivity contribution is 1.01. The van der Waals surface area contributed by atoms with E-state index in [1.165, 1.54) is 32.6 Å². The highest BCUT2D eigenvalue weighted by Gasteiger charge is 2.20. The second-order valence-electron chi connectivity index (χ2n) is 12.3. The molecule has 0 saturated heterocycles. The van der Waals surface area contributed by atoms with Gasteiger partial charge in [-0.05, 0) is 59.7 Å². The smallest absolute Gasteiger partial charge is 0.235 e. The van der Waals surface area contributed by atoms with Gasteiger partial charge in [0.25, 0.3) is 0 Å². The first kappa shape index (κ1) is 26.7. The molecule has 48 heavy (non-hydrogen) atoms. The van der Waals surface area contributed by atoms with Gasteiger partial charge in [0.15, 0.2) is 0 Å². The third-order valence-electron chi connectivity index (χ3n) is 9.52. The lowest BCUT2D eigenvalue weighted by Crippen LogP contribution is -2.03. The molecule has 0 aliphatic carbocycles. The fourth-order valence-electron chi connectivity index (χ4n) is 7.36. The van der Waals surface area contributed by atoms with Gasteiger partial charge in [-0.3, -0.25) is 4.57 Å². The van der Waals surface area contributed by atoms with Crippen molar-refractivity contribution in [3.8, 4) is 34.0 Å². The number of rotatable bonds is 4. The zero-order chi connectivity index (χ0) is 31.6. The van der Waals surface area contributed by atoms with Gasteiger partial charge < -0.3 is 4.57 Å². The van der Waals surface area contributed by atoms with Crippen molar-refractivity contribution in [2.24, 2.45) is 0 Å². The number of hydrogen-bond acceptors (Lipinski definition) is 2. The third-order valence-corrected chi connectivity index (χ3v) is 9.52. The fraction of sp³-hybridized carbons (Fsp3) is 0. The van der Waals surface area contributed by atoms with Crippen molar-refractivity contribution < 1.29 is 0 Å². The molecule has 0 atom stereocenters. The summed E-state index contributed by atoms with van der Waals surface area (Å²) in [5, 5.41) is 5.84. The largest absolute Gasteiger partial charge is 0.309 e. The number of hydrogen-bond donors (Lipinski definition) is 0. The molecule has 0 unspecified atom stereocenters. The Morgan fingerprint density at radius 1 is 0.333 bits per heavy atom. The zero-order valence-electron chi connectivity index (χ0n) is 26.0. The first-order valence-electron chi connectivity index (χ1n) is 16.3. The van der Waals surface area contributed by atoms with E-state index in [2.05, 4.69) is 179 Å². The summed E-state index contributed by atoms with van der Waals surface area (Å²) in [6.45, 7) is 0. The van der Waals surface area contributed by atoms with Crippen molar-refractivity contribution in [2.75, 3.05) is 0 Å². The van der Waals surface area contributed by atoms with Crippen molar-refractivity contribution in [1.82, 2.24) is 19.1 Å². The Balaban J connectivity index is 1.29. The Hall–Kier alpha value is -6.52. The van der Waals surface area contributed by atoms with E-state index in [0.717, 1.165) is 50.0 Å². The Bertz CT molecular complexity index is 2830. The SMILES string of the molecule is c1ccc(-c2cccc(-c3nc(-n4c5ccccc5c5cc6c7ccccc7n(-c7ccccc7)c6cc54)nc4ccccc34)c2)cc1. The van der Waals surface area contributed by atoms with Gasteiger partial charge in [0.05, 0.1) is 33.3 Å². The Labute approximate surface area is 276 Å². The molecule has 10 aromatic rings. The normalized spacial score (nSPS) is 11.8. The first-order chi connectivity index (χ1) is 23.8. The second-order valence-corrected chi connectivity index (χ2v) is 12.3. The van der Waals surface area contributed by atoms with Gasteiger partial charge in [-0.15, -0.1) is 0 Å². The van der Waals surface area contributed by atoms with Crippen LogP contribution < -0.4 is 0 Å². The molecule has 0 aliphatic rings. The van der Waals surface area contributed by atoms with Crippen LogP contribution in [-0.4, -0.2) is 19.1 Å². The Kier molecular flexibility index (Phi) is 5.84. The van der Waals surface area contributed by atoms with Crippen LogP contribution in [-0.2, 0) is 0 Å². The minimum absolute atomic E-state index is 0.654. The van der Waals surface area contributed by atoms with Crippen LogP contribution in [0.25, 0.3) is 88.5 Å². The summed E-state index contributed by atoms with van der Waals surface area (Å²) in [7, 11) is 0. The molecule has 4 heteroatoms. The molecule has 0 bridgehead atoms. The molecule has 0 fully saturated rings. The zero-order valence-corrected chi connectivity index (χ0v) is 26.0. The number of fused-ring (bicyclic) bond motifs is 7. The summed E-state index contributed by atoms with van der Waals surface area (Å²) in [6, 6.07) is 60.1. The van der Waals surface area contributed by atoms with Gasteiger partial charge >= 0.3 is 0 Å². The molecule has 3 heterocycles. The molecule has 224 valence electrons. The van der Waals surface area contributed by atoms with Crippen molar-refractivity contribution >= 4 is 54.5 Å². The molecule has 0 spiro atoms. The van der Waals surface area contributed by atoms with Crippen LogP contribution in [0.15, 0.2) is 170 Å². The highest BCUT2D eigenvalue weighted by molar-refractivity contribution is 6.19. The van der Waals surface area contributed by atoms with Gasteiger partial charge in [-0.25, -0.2) is 9.97 Å². The molecule has 0 amide bonds. The van der Waals surface area contributed by atoms with Gasteiger partial charge in [-0.1, -0.05) is 121 Å². The van der Waals surface area contributed by atoms with Crippen LogP contribution in [0.5, 0.6) is 0 Å². The summed E-state index contributed by atoms with van der Waals surface area (Å²) >= 11 is 0. The van der Waals surface area contributed by atoms with Crippen LogP contribution in [0, 0.1) is 0 Å². The molecular weight excluding hydrogens is 585 g/mol. The van der Waals surface area contributed by atoms with E-state index in [-0.39, 0.29) is 0 Å². The monoisotopic (exact) mass is 612 g/mol. The average molecular weight is 613 g/mol. The van der Waals surface area contributed by atoms with Gasteiger partial charge in [-0.2, -0.15) is 0 Å². The van der Waals surface area contributed by atoms with E-state index in [1.54, 1.807) is 0 Å². The summed E-state index contributed by atoms with van der Waals surface area (Å²) in [5.41, 5.74) is 10.8. The van der Waals surface area contributed by atoms with E-state index >= 15 is 0 Å². The second kappa shape index (κ2) is 10.5. The van der Waals surface area contributed by atoms with Crippen molar-refractivity contribution in [2.45, 2.75) is 0 Å². The van der Waals surface area contributed by atoms with Crippen molar-refractivity contribution in [1.29, 1.82) is 0 Å². The highest BCUT2D eigenvalue weighted by Crippen LogP contribution is 2.40. The van der Waals surface area contributed by atoms with Gasteiger partial charge in [0.1, 0.15) is 0 Å². The highest BCUT2D eigenvalue weighted by atomic mass is 15.2. The molecule has 0 N–H and O–H groups in total. The summed E-state index contributed by atoms with van der Waals surface area (Å²) in [4.78, 5) is 10.6. The van der Waals surface area contributed by atoms with Crippen LogP contribution >= 0.6 is 0 Å². The van der Waals surface area contributed by atoms with Crippen molar-refractivity contribution in [3.05, 3.63) is 170 Å². The summed E-state index contributed by atoms with van der Waals surface area (Å²) in [5.74, 6) is 0.654. The van der Waals surface area contributed by atoms with Crippen LogP contribution in [0.3, 0.4) is 0 Å². The van der Waals surface area contributed by atoms with E-state index in [1.807, 2.05) is 0 Å². The molecule has 10 rings (SSSR count). The van der Waals surface area contributed by atoms with E-state index in [9.17, 15) is 0 Å². The summed E-state index contributed by atoms with van der Waals surface area (Å²) in [6.07, 6.45) is 0. The number of para-hydroxylation sites is 4. The van der Waals surface area contributed by atoms with Gasteiger partial charge in [0.2, 0.25) is 5.95 Å². The molecule has 3 aromatic heterocycles. The standard InChI is InChI=1S/C44H28N4/c1-3-14-29(15-4-1)30-16-13-17-31(26-30)43-35-22-7-10-23-38(35)45-44(46-43)48-40-25-12-9-21-34(40)37-27-36-33-20-8-11-24-39(33)47(41(36)28-42(37)48)32-18-5-2-6-19-32/h1-28H. The Morgan fingerprint density at radius 2 is 0.896 bits per heavy atom. The lowest BCUT2D eigenvalue weighted by Gasteiger charge is -2.13. The topological polar surface area (TPSA) is 35.6 Å². The lowest BCUT2D eigenvalue weighted by atomic mass is 10.00. The maximum Gasteiger partial charge on any atom is 0.235 e. The Morgan fingerprint density at radius 3 is 1.65 bits per heavy atom. The number of aromatic nitrogens is 4. The fourth-order valence-corrected chi connectivity index (χ4v) is 7.36. The van der Waals surface area contributed by atoms with Crippen molar-refractivity contribution in [3.63, 3.8) is 0 Å². The molecule has 4 nitrogen and oxygen atoms in total. The van der Waals surface area contributed by atoms with Crippen LogP contribution in [0.2, 0.25) is 0 Å². The number of benzene rings is 7. The molecule has 7 aromatic carbocycles. The maximum absolute atomic E-state index is 5.40. The molecule has 0 saturated carbocycles. The third kappa shape index (κ3) is 4.03. The summed E-state index contributed by atoms with van der Waals surface area (Å²) < 4.78 is 4.61. The average Bonchev–Trinajstić information content (AvgIpc) is 3.66. The van der Waals surface area contributed by atoms with Crippen LogP contribution in [0.1, 0.15) is 0 Å². The van der Waals surface area contributed by atoms with E-state index in [4.69, 9.17) is 9.97 Å². The minimum Gasteiger partial charge on any atom is -0.309 e. The quantitative estimate of drug-likeness (QED) is 0.198. The molecular formula is C44H28N4.